The van der Waals surface area contributed by atoms with Crippen LogP contribution in [0.1, 0.15) is 52.9 Å². The highest BCUT2D eigenvalue weighted by Crippen LogP contribution is 2.27. The lowest BCUT2D eigenvalue weighted by atomic mass is 9.99. The minimum absolute atomic E-state index is 0.538. The van der Waals surface area contributed by atoms with Crippen molar-refractivity contribution >= 4 is 34.9 Å². The maximum atomic E-state index is 5.44. The van der Waals surface area contributed by atoms with Gasteiger partial charge in [0.2, 0.25) is 5.95 Å². The van der Waals surface area contributed by atoms with Crippen LogP contribution in [0.25, 0.3) is 0 Å². The Balaban J connectivity index is 1.78. The zero-order valence-electron chi connectivity index (χ0n) is 17.0. The van der Waals surface area contributed by atoms with E-state index in [1.54, 1.807) is 0 Å². The summed E-state index contributed by atoms with van der Waals surface area (Å²) in [5.74, 6) is 3.98. The fourth-order valence-corrected chi connectivity index (χ4v) is 3.78. The highest BCUT2D eigenvalue weighted by molar-refractivity contribution is 7.80. The van der Waals surface area contributed by atoms with E-state index in [0.29, 0.717) is 17.0 Å². The maximum absolute atomic E-state index is 5.44. The molecule has 27 heavy (non-hydrogen) atoms. The number of thiocarbonyl (C=S) groups is 1. The Morgan fingerprint density at radius 1 is 1.07 bits per heavy atom. The summed E-state index contributed by atoms with van der Waals surface area (Å²) in [6, 6.07) is 2.16. The molecule has 0 aromatic carbocycles. The Kier molecular flexibility index (Phi) is 7.10. The van der Waals surface area contributed by atoms with Crippen LogP contribution >= 0.6 is 12.2 Å². The van der Waals surface area contributed by atoms with E-state index in [2.05, 4.69) is 47.3 Å². The summed E-state index contributed by atoms with van der Waals surface area (Å²) in [5.41, 5.74) is 0. The SMILES string of the molecule is CC(C)CNC(=S)Nc1nc(N2CCCCC2)cc(N2CCC(C)CC2)n1. The largest absolute Gasteiger partial charge is 0.362 e. The van der Waals surface area contributed by atoms with E-state index in [1.807, 2.05) is 0 Å². The molecule has 0 spiro atoms. The second-order valence-corrected chi connectivity index (χ2v) is 8.76. The van der Waals surface area contributed by atoms with Gasteiger partial charge >= 0.3 is 0 Å². The van der Waals surface area contributed by atoms with Crippen molar-refractivity contribution in [2.75, 3.05) is 47.8 Å². The molecule has 6 nitrogen and oxygen atoms in total. The second-order valence-electron chi connectivity index (χ2n) is 8.35. The van der Waals surface area contributed by atoms with E-state index in [-0.39, 0.29) is 0 Å². The molecule has 0 unspecified atom stereocenters. The third-order valence-corrected chi connectivity index (χ3v) is 5.63. The number of nitrogens with one attached hydrogen (secondary N) is 2. The molecule has 2 aliphatic rings. The van der Waals surface area contributed by atoms with E-state index >= 15 is 0 Å². The van der Waals surface area contributed by atoms with Crippen LogP contribution in [0.15, 0.2) is 6.07 Å². The molecule has 0 atom stereocenters. The molecule has 0 radical (unpaired) electrons. The molecule has 3 rings (SSSR count). The molecule has 0 saturated carbocycles. The van der Waals surface area contributed by atoms with E-state index in [9.17, 15) is 0 Å². The minimum atomic E-state index is 0.538. The smallest absolute Gasteiger partial charge is 0.232 e. The van der Waals surface area contributed by atoms with Crippen molar-refractivity contribution in [3.63, 3.8) is 0 Å². The number of piperidine rings is 2. The molecule has 150 valence electrons. The molecule has 0 bridgehead atoms. The molecule has 7 heteroatoms. The minimum Gasteiger partial charge on any atom is -0.362 e. The maximum Gasteiger partial charge on any atom is 0.232 e. The predicted octanol–water partition coefficient (Wildman–Crippen LogP) is 3.65. The van der Waals surface area contributed by atoms with Crippen molar-refractivity contribution in [2.24, 2.45) is 11.8 Å². The first-order valence-corrected chi connectivity index (χ1v) is 10.9. The first kappa shape index (κ1) is 20.1. The van der Waals surface area contributed by atoms with Crippen LogP contribution in [-0.4, -0.2) is 47.8 Å². The van der Waals surface area contributed by atoms with Crippen molar-refractivity contribution in [1.82, 2.24) is 15.3 Å². The van der Waals surface area contributed by atoms with Crippen LogP contribution in [0.2, 0.25) is 0 Å². The summed E-state index contributed by atoms with van der Waals surface area (Å²) in [6.45, 7) is 11.8. The molecule has 0 aliphatic carbocycles. The average molecular weight is 391 g/mol. The van der Waals surface area contributed by atoms with Crippen LogP contribution in [0, 0.1) is 11.8 Å². The van der Waals surface area contributed by atoms with Gasteiger partial charge in [-0.25, -0.2) is 0 Å². The van der Waals surface area contributed by atoms with Gasteiger partial charge in [0.05, 0.1) is 0 Å². The third-order valence-electron chi connectivity index (χ3n) is 5.38. The van der Waals surface area contributed by atoms with Gasteiger partial charge in [-0.2, -0.15) is 9.97 Å². The Hall–Kier alpha value is -1.63. The molecule has 1 aromatic rings. The summed E-state index contributed by atoms with van der Waals surface area (Å²) >= 11 is 5.44. The van der Waals surface area contributed by atoms with Gasteiger partial charge in [-0.1, -0.05) is 20.8 Å². The lowest BCUT2D eigenvalue weighted by Crippen LogP contribution is -2.36. The van der Waals surface area contributed by atoms with Crippen LogP contribution < -0.4 is 20.4 Å². The summed E-state index contributed by atoms with van der Waals surface area (Å²) in [4.78, 5) is 14.4. The highest BCUT2D eigenvalue weighted by Gasteiger charge is 2.21. The van der Waals surface area contributed by atoms with Crippen LogP contribution in [0.3, 0.4) is 0 Å². The molecule has 2 N–H and O–H groups in total. The number of hydrogen-bond acceptors (Lipinski definition) is 5. The van der Waals surface area contributed by atoms with Gasteiger partial charge < -0.3 is 20.4 Å². The van der Waals surface area contributed by atoms with Gasteiger partial charge in [0.15, 0.2) is 5.11 Å². The fourth-order valence-electron chi connectivity index (χ4n) is 3.61. The van der Waals surface area contributed by atoms with Gasteiger partial charge in [-0.15, -0.1) is 0 Å². The topological polar surface area (TPSA) is 56.3 Å². The number of nitrogens with zero attached hydrogens (tertiary/aromatic N) is 4. The van der Waals surface area contributed by atoms with Crippen molar-refractivity contribution in [1.29, 1.82) is 0 Å². The van der Waals surface area contributed by atoms with E-state index in [0.717, 1.165) is 50.3 Å². The zero-order chi connectivity index (χ0) is 19.2. The summed E-state index contributed by atoms with van der Waals surface area (Å²) in [6.07, 6.45) is 6.22. The normalized spacial score (nSPS) is 18.7. The highest BCUT2D eigenvalue weighted by atomic mass is 32.1. The lowest BCUT2D eigenvalue weighted by Gasteiger charge is -2.33. The molecule has 3 heterocycles. The van der Waals surface area contributed by atoms with Crippen LogP contribution in [0.4, 0.5) is 17.6 Å². The number of hydrogen-bond donors (Lipinski definition) is 2. The Morgan fingerprint density at radius 3 is 2.26 bits per heavy atom. The first-order valence-electron chi connectivity index (χ1n) is 10.4. The van der Waals surface area contributed by atoms with E-state index in [4.69, 9.17) is 22.2 Å². The standard InChI is InChI=1S/C20H34N6S/c1-15(2)14-21-20(27)24-19-22-17(25-9-5-4-6-10-25)13-18(23-19)26-11-7-16(3)8-12-26/h13,15-16H,4-12,14H2,1-3H3,(H2,21,22,23,24,27). The average Bonchev–Trinajstić information content (AvgIpc) is 2.67. The second kappa shape index (κ2) is 9.53. The molecular weight excluding hydrogens is 356 g/mol. The predicted molar refractivity (Wildman–Crippen MR) is 118 cm³/mol. The van der Waals surface area contributed by atoms with Gasteiger partial charge in [0, 0.05) is 38.8 Å². The van der Waals surface area contributed by atoms with Crippen molar-refractivity contribution < 1.29 is 0 Å². The molecule has 1 aromatic heterocycles. The molecular formula is C20H34N6S. The van der Waals surface area contributed by atoms with Gasteiger partial charge in [0.1, 0.15) is 11.6 Å². The van der Waals surface area contributed by atoms with Crippen molar-refractivity contribution in [3.05, 3.63) is 6.07 Å². The number of rotatable bonds is 5. The molecule has 0 amide bonds. The first-order chi connectivity index (χ1) is 13.0. The van der Waals surface area contributed by atoms with Gasteiger partial charge in [-0.05, 0) is 56.2 Å². The summed E-state index contributed by atoms with van der Waals surface area (Å²) in [5, 5.41) is 7.05. The lowest BCUT2D eigenvalue weighted by molar-refractivity contribution is 0.436. The number of anilines is 3. The molecule has 2 saturated heterocycles. The van der Waals surface area contributed by atoms with Crippen LogP contribution in [0.5, 0.6) is 0 Å². The summed E-state index contributed by atoms with van der Waals surface area (Å²) < 4.78 is 0. The molecule has 2 fully saturated rings. The van der Waals surface area contributed by atoms with Crippen molar-refractivity contribution in [3.8, 4) is 0 Å². The Morgan fingerprint density at radius 2 is 1.67 bits per heavy atom. The quantitative estimate of drug-likeness (QED) is 0.744. The fraction of sp³-hybridized carbons (Fsp3) is 0.750. The Bertz CT molecular complexity index is 621. The van der Waals surface area contributed by atoms with Gasteiger partial charge in [-0.3, -0.25) is 0 Å². The summed E-state index contributed by atoms with van der Waals surface area (Å²) in [7, 11) is 0. The Labute approximate surface area is 169 Å². The monoisotopic (exact) mass is 390 g/mol. The van der Waals surface area contributed by atoms with E-state index in [1.165, 1.54) is 32.1 Å². The zero-order valence-corrected chi connectivity index (χ0v) is 17.8. The van der Waals surface area contributed by atoms with Gasteiger partial charge in [0.25, 0.3) is 0 Å². The van der Waals surface area contributed by atoms with Crippen LogP contribution in [-0.2, 0) is 0 Å². The van der Waals surface area contributed by atoms with Crippen molar-refractivity contribution in [2.45, 2.75) is 52.9 Å². The molecule has 2 aliphatic heterocycles. The number of aromatic nitrogens is 2. The third kappa shape index (κ3) is 5.92. The van der Waals surface area contributed by atoms with E-state index < -0.39 is 0 Å².